The molecule has 0 saturated carbocycles. The van der Waals surface area contributed by atoms with Gasteiger partial charge in [0.2, 0.25) is 0 Å². The molecule has 2 nitrogen and oxygen atoms in total. The van der Waals surface area contributed by atoms with Gasteiger partial charge in [0.15, 0.2) is 0 Å². The number of hydrogen-bond acceptors (Lipinski definition) is 1. The Morgan fingerprint density at radius 2 is 2.06 bits per heavy atom. The third-order valence-corrected chi connectivity index (χ3v) is 2.41. The van der Waals surface area contributed by atoms with E-state index in [1.54, 1.807) is 18.3 Å². The van der Waals surface area contributed by atoms with Crippen LogP contribution in [0.3, 0.4) is 0 Å². The van der Waals surface area contributed by atoms with Crippen LogP contribution in [0, 0.1) is 11.6 Å². The maximum absolute atomic E-state index is 13.3. The normalized spacial score (nSPS) is 12.7. The van der Waals surface area contributed by atoms with Crippen LogP contribution in [0.4, 0.5) is 8.78 Å². The molecule has 0 fully saturated rings. The van der Waals surface area contributed by atoms with E-state index in [0.717, 1.165) is 6.07 Å². The lowest BCUT2D eigenvalue weighted by atomic mass is 10.1. The van der Waals surface area contributed by atoms with Gasteiger partial charge in [0.25, 0.3) is 0 Å². The van der Waals surface area contributed by atoms with Crippen molar-refractivity contribution in [3.63, 3.8) is 0 Å². The summed E-state index contributed by atoms with van der Waals surface area (Å²) in [5, 5.41) is 9.76. The van der Waals surface area contributed by atoms with E-state index >= 15 is 0 Å². The predicted octanol–water partition coefficient (Wildman–Crippen LogP) is 2.57. The minimum Gasteiger partial charge on any atom is -0.387 e. The molecular weight excluding hydrogens is 212 g/mol. The van der Waals surface area contributed by atoms with Crippen LogP contribution in [-0.2, 0) is 6.42 Å². The third-order valence-electron chi connectivity index (χ3n) is 2.41. The number of aromatic amines is 1. The number of hydrogen-bond donors (Lipinski definition) is 2. The molecule has 2 aromatic rings. The maximum atomic E-state index is 13.3. The van der Waals surface area contributed by atoms with E-state index in [1.165, 1.54) is 12.1 Å². The van der Waals surface area contributed by atoms with Gasteiger partial charge in [0.05, 0.1) is 6.10 Å². The number of rotatable bonds is 3. The Morgan fingerprint density at radius 1 is 1.25 bits per heavy atom. The molecule has 16 heavy (non-hydrogen) atoms. The molecule has 0 bridgehead atoms. The van der Waals surface area contributed by atoms with Crippen molar-refractivity contribution < 1.29 is 13.9 Å². The number of aromatic nitrogens is 1. The number of halogens is 2. The summed E-state index contributed by atoms with van der Waals surface area (Å²) in [4.78, 5) is 2.84. The Morgan fingerprint density at radius 3 is 2.69 bits per heavy atom. The van der Waals surface area contributed by atoms with Crippen LogP contribution in [-0.4, -0.2) is 10.1 Å². The summed E-state index contributed by atoms with van der Waals surface area (Å²) in [5.41, 5.74) is 0.909. The van der Waals surface area contributed by atoms with Gasteiger partial charge >= 0.3 is 0 Å². The standard InChI is InChI=1S/C12H11F2NO/c13-9-4-3-8(10(14)7-9)6-12(16)11-2-1-5-15-11/h1-5,7,12,15-16H,6H2. The van der Waals surface area contributed by atoms with E-state index in [0.29, 0.717) is 11.3 Å². The summed E-state index contributed by atoms with van der Waals surface area (Å²) in [6.45, 7) is 0. The Balaban J connectivity index is 2.15. The van der Waals surface area contributed by atoms with E-state index in [2.05, 4.69) is 4.98 Å². The smallest absolute Gasteiger partial charge is 0.129 e. The van der Waals surface area contributed by atoms with Gasteiger partial charge in [-0.05, 0) is 23.8 Å². The Labute approximate surface area is 91.6 Å². The summed E-state index contributed by atoms with van der Waals surface area (Å²) in [6, 6.07) is 6.80. The molecule has 84 valence electrons. The zero-order valence-electron chi connectivity index (χ0n) is 8.45. The van der Waals surface area contributed by atoms with Crippen molar-refractivity contribution in [3.05, 3.63) is 59.4 Å². The average molecular weight is 223 g/mol. The molecule has 0 radical (unpaired) electrons. The number of nitrogens with one attached hydrogen (secondary N) is 1. The van der Waals surface area contributed by atoms with Crippen molar-refractivity contribution in [2.24, 2.45) is 0 Å². The van der Waals surface area contributed by atoms with Crippen molar-refractivity contribution in [2.45, 2.75) is 12.5 Å². The molecule has 0 aliphatic rings. The zero-order valence-corrected chi connectivity index (χ0v) is 8.45. The first-order chi connectivity index (χ1) is 7.66. The molecule has 0 amide bonds. The van der Waals surface area contributed by atoms with E-state index in [-0.39, 0.29) is 6.42 Å². The second-order valence-corrected chi connectivity index (χ2v) is 3.58. The minimum atomic E-state index is -0.810. The van der Waals surface area contributed by atoms with Gasteiger partial charge in [-0.2, -0.15) is 0 Å². The average Bonchev–Trinajstić information content (AvgIpc) is 2.75. The summed E-state index contributed by atoms with van der Waals surface area (Å²) in [5.74, 6) is -1.25. The van der Waals surface area contributed by atoms with E-state index in [9.17, 15) is 13.9 Å². The highest BCUT2D eigenvalue weighted by Gasteiger charge is 2.12. The van der Waals surface area contributed by atoms with Crippen LogP contribution in [0.15, 0.2) is 36.5 Å². The van der Waals surface area contributed by atoms with Crippen LogP contribution < -0.4 is 0 Å². The Kier molecular flexibility index (Phi) is 3.01. The summed E-state index contributed by atoms with van der Waals surface area (Å²) in [7, 11) is 0. The van der Waals surface area contributed by atoms with Gasteiger partial charge in [-0.15, -0.1) is 0 Å². The number of benzene rings is 1. The van der Waals surface area contributed by atoms with Crippen LogP contribution in [0.2, 0.25) is 0 Å². The van der Waals surface area contributed by atoms with Crippen LogP contribution in [0.1, 0.15) is 17.4 Å². The van der Waals surface area contributed by atoms with Gasteiger partial charge in [0.1, 0.15) is 11.6 Å². The quantitative estimate of drug-likeness (QED) is 0.824. The fourth-order valence-electron chi connectivity index (χ4n) is 1.56. The Hall–Kier alpha value is -1.68. The third kappa shape index (κ3) is 2.28. The van der Waals surface area contributed by atoms with E-state index < -0.39 is 17.7 Å². The summed E-state index contributed by atoms with van der Waals surface area (Å²) < 4.78 is 25.9. The molecule has 4 heteroatoms. The van der Waals surface area contributed by atoms with Crippen molar-refractivity contribution in [3.8, 4) is 0 Å². The Bertz CT molecular complexity index is 468. The molecule has 0 aliphatic carbocycles. The van der Waals surface area contributed by atoms with Crippen molar-refractivity contribution in [1.29, 1.82) is 0 Å². The van der Waals surface area contributed by atoms with Crippen molar-refractivity contribution in [1.82, 2.24) is 4.98 Å². The first-order valence-corrected chi connectivity index (χ1v) is 4.92. The first kappa shape index (κ1) is 10.8. The van der Waals surface area contributed by atoms with Crippen LogP contribution >= 0.6 is 0 Å². The maximum Gasteiger partial charge on any atom is 0.129 e. The number of aliphatic hydroxyl groups is 1. The highest BCUT2D eigenvalue weighted by molar-refractivity contribution is 5.21. The number of H-pyrrole nitrogens is 1. The lowest BCUT2D eigenvalue weighted by molar-refractivity contribution is 0.173. The molecule has 0 saturated heterocycles. The van der Waals surface area contributed by atoms with Crippen LogP contribution in [0.5, 0.6) is 0 Å². The van der Waals surface area contributed by atoms with Crippen molar-refractivity contribution in [2.75, 3.05) is 0 Å². The monoisotopic (exact) mass is 223 g/mol. The molecular formula is C12H11F2NO. The molecule has 1 unspecified atom stereocenters. The lowest BCUT2D eigenvalue weighted by Gasteiger charge is -2.09. The summed E-state index contributed by atoms with van der Waals surface area (Å²) in [6.07, 6.45) is 0.988. The second kappa shape index (κ2) is 4.45. The van der Waals surface area contributed by atoms with Gasteiger partial charge in [0, 0.05) is 24.4 Å². The molecule has 1 heterocycles. The largest absolute Gasteiger partial charge is 0.387 e. The van der Waals surface area contributed by atoms with Gasteiger partial charge in [-0.25, -0.2) is 8.78 Å². The predicted molar refractivity (Wildman–Crippen MR) is 55.8 cm³/mol. The van der Waals surface area contributed by atoms with Gasteiger partial charge in [-0.3, -0.25) is 0 Å². The topological polar surface area (TPSA) is 36.0 Å². The molecule has 1 aromatic heterocycles. The first-order valence-electron chi connectivity index (χ1n) is 4.92. The second-order valence-electron chi connectivity index (χ2n) is 3.58. The number of aliphatic hydroxyl groups excluding tert-OH is 1. The minimum absolute atomic E-state index is 0.118. The van der Waals surface area contributed by atoms with E-state index in [1.807, 2.05) is 0 Å². The highest BCUT2D eigenvalue weighted by atomic mass is 19.1. The highest BCUT2D eigenvalue weighted by Crippen LogP contribution is 2.19. The zero-order chi connectivity index (χ0) is 11.5. The van der Waals surface area contributed by atoms with Crippen LogP contribution in [0.25, 0.3) is 0 Å². The lowest BCUT2D eigenvalue weighted by Crippen LogP contribution is -2.04. The molecule has 1 atom stereocenters. The molecule has 2 N–H and O–H groups in total. The molecule has 0 spiro atoms. The van der Waals surface area contributed by atoms with Gasteiger partial charge in [-0.1, -0.05) is 6.07 Å². The molecule has 0 aliphatic heterocycles. The molecule has 2 rings (SSSR count). The van der Waals surface area contributed by atoms with E-state index in [4.69, 9.17) is 0 Å². The van der Waals surface area contributed by atoms with Crippen molar-refractivity contribution >= 4 is 0 Å². The molecule has 1 aromatic carbocycles. The fourth-order valence-corrected chi connectivity index (χ4v) is 1.56. The van der Waals surface area contributed by atoms with Gasteiger partial charge < -0.3 is 10.1 Å². The fraction of sp³-hybridized carbons (Fsp3) is 0.167. The summed E-state index contributed by atoms with van der Waals surface area (Å²) >= 11 is 0. The SMILES string of the molecule is OC(Cc1ccc(F)cc1F)c1ccc[nH]1.